The first-order valence-corrected chi connectivity index (χ1v) is 11.0. The molecule has 0 atom stereocenters. The summed E-state index contributed by atoms with van der Waals surface area (Å²) in [5, 5.41) is 3.35. The average Bonchev–Trinajstić information content (AvgIpc) is 2.78. The molecular weight excluding hydrogens is 384 g/mol. The first kappa shape index (κ1) is 21.0. The standard InChI is InChI=1S/C25H32N6/c1-17(2)20-8-10-21(11-9-20)29-24-23(26)25(28-16-27-24)31-14-12-30(13-15-31)22-7-5-6-18(3)19(22)4/h5-11,16-17H,12-15,26H2,1-4H3,(H,27,28,29). The van der Waals surface area contributed by atoms with Gasteiger partial charge in [0.2, 0.25) is 0 Å². The zero-order chi connectivity index (χ0) is 22.0. The zero-order valence-electron chi connectivity index (χ0n) is 18.9. The molecular formula is C25H32N6. The van der Waals surface area contributed by atoms with Crippen LogP contribution < -0.4 is 20.9 Å². The van der Waals surface area contributed by atoms with E-state index in [0.717, 1.165) is 37.7 Å². The van der Waals surface area contributed by atoms with Crippen molar-refractivity contribution in [3.05, 3.63) is 65.5 Å². The molecule has 31 heavy (non-hydrogen) atoms. The molecule has 4 rings (SSSR count). The second kappa shape index (κ2) is 8.84. The molecule has 1 aliphatic heterocycles. The lowest BCUT2D eigenvalue weighted by molar-refractivity contribution is 0.646. The van der Waals surface area contributed by atoms with Gasteiger partial charge < -0.3 is 20.9 Å². The summed E-state index contributed by atoms with van der Waals surface area (Å²) in [6, 6.07) is 14.9. The van der Waals surface area contributed by atoms with Gasteiger partial charge in [-0.3, -0.25) is 0 Å². The van der Waals surface area contributed by atoms with Gasteiger partial charge in [0.25, 0.3) is 0 Å². The molecule has 3 aromatic rings. The highest BCUT2D eigenvalue weighted by molar-refractivity contribution is 5.78. The molecule has 0 radical (unpaired) electrons. The fraction of sp³-hybridized carbons (Fsp3) is 0.360. The summed E-state index contributed by atoms with van der Waals surface area (Å²) >= 11 is 0. The molecule has 6 heteroatoms. The van der Waals surface area contributed by atoms with Crippen molar-refractivity contribution < 1.29 is 0 Å². The summed E-state index contributed by atoms with van der Waals surface area (Å²) in [5.41, 5.74) is 13.4. The number of hydrogen-bond acceptors (Lipinski definition) is 6. The number of hydrogen-bond donors (Lipinski definition) is 2. The number of nitrogens with one attached hydrogen (secondary N) is 1. The van der Waals surface area contributed by atoms with Crippen molar-refractivity contribution in [3.8, 4) is 0 Å². The summed E-state index contributed by atoms with van der Waals surface area (Å²) in [7, 11) is 0. The van der Waals surface area contributed by atoms with E-state index in [0.29, 0.717) is 17.4 Å². The maximum atomic E-state index is 6.49. The lowest BCUT2D eigenvalue weighted by atomic mass is 10.0. The number of aryl methyl sites for hydroxylation is 1. The predicted molar refractivity (Wildman–Crippen MR) is 131 cm³/mol. The van der Waals surface area contributed by atoms with E-state index in [-0.39, 0.29) is 0 Å². The Labute approximate surface area is 185 Å². The second-order valence-corrected chi connectivity index (χ2v) is 8.55. The SMILES string of the molecule is Cc1cccc(N2CCN(c3ncnc(Nc4ccc(C(C)C)cc4)c3N)CC2)c1C. The second-order valence-electron chi connectivity index (χ2n) is 8.55. The van der Waals surface area contributed by atoms with Crippen molar-refractivity contribution >= 4 is 28.7 Å². The van der Waals surface area contributed by atoms with Gasteiger partial charge in [0.15, 0.2) is 11.6 Å². The molecule has 2 heterocycles. The molecule has 0 spiro atoms. The molecule has 0 aliphatic carbocycles. The number of rotatable bonds is 5. The molecule has 1 saturated heterocycles. The molecule has 1 aliphatic rings. The van der Waals surface area contributed by atoms with Gasteiger partial charge in [-0.05, 0) is 54.7 Å². The van der Waals surface area contributed by atoms with E-state index < -0.39 is 0 Å². The normalized spacial score (nSPS) is 14.2. The number of nitrogens with two attached hydrogens (primary N) is 1. The minimum atomic E-state index is 0.507. The van der Waals surface area contributed by atoms with Gasteiger partial charge in [-0.1, -0.05) is 38.1 Å². The fourth-order valence-electron chi connectivity index (χ4n) is 4.06. The Morgan fingerprint density at radius 1 is 0.903 bits per heavy atom. The minimum Gasteiger partial charge on any atom is -0.393 e. The average molecular weight is 417 g/mol. The third kappa shape index (κ3) is 4.43. The van der Waals surface area contributed by atoms with Gasteiger partial charge in [0.1, 0.15) is 12.0 Å². The van der Waals surface area contributed by atoms with E-state index >= 15 is 0 Å². The van der Waals surface area contributed by atoms with Crippen molar-refractivity contribution in [2.75, 3.05) is 47.0 Å². The van der Waals surface area contributed by atoms with Gasteiger partial charge in [-0.2, -0.15) is 0 Å². The van der Waals surface area contributed by atoms with Crippen LogP contribution in [0.15, 0.2) is 48.8 Å². The van der Waals surface area contributed by atoms with Gasteiger partial charge in [0, 0.05) is 37.6 Å². The molecule has 1 fully saturated rings. The number of aromatic nitrogens is 2. The zero-order valence-corrected chi connectivity index (χ0v) is 18.9. The lowest BCUT2D eigenvalue weighted by Gasteiger charge is -2.38. The molecule has 6 nitrogen and oxygen atoms in total. The molecule has 3 N–H and O–H groups in total. The molecule has 0 unspecified atom stereocenters. The van der Waals surface area contributed by atoms with Gasteiger partial charge in [0.05, 0.1) is 0 Å². The van der Waals surface area contributed by atoms with Crippen LogP contribution in [-0.2, 0) is 0 Å². The van der Waals surface area contributed by atoms with Crippen molar-refractivity contribution in [3.63, 3.8) is 0 Å². The van der Waals surface area contributed by atoms with Crippen molar-refractivity contribution in [1.29, 1.82) is 0 Å². The maximum absolute atomic E-state index is 6.49. The van der Waals surface area contributed by atoms with Gasteiger partial charge in [-0.25, -0.2) is 9.97 Å². The first-order valence-electron chi connectivity index (χ1n) is 11.0. The Hall–Kier alpha value is -3.28. The molecule has 162 valence electrons. The lowest BCUT2D eigenvalue weighted by Crippen LogP contribution is -2.47. The van der Waals surface area contributed by atoms with Gasteiger partial charge in [-0.15, -0.1) is 0 Å². The van der Waals surface area contributed by atoms with Crippen LogP contribution in [0.25, 0.3) is 0 Å². The fourth-order valence-corrected chi connectivity index (χ4v) is 4.06. The quantitative estimate of drug-likeness (QED) is 0.618. The molecule has 1 aromatic heterocycles. The first-order chi connectivity index (χ1) is 14.9. The van der Waals surface area contributed by atoms with Crippen LogP contribution in [0.3, 0.4) is 0 Å². The Morgan fingerprint density at radius 2 is 1.58 bits per heavy atom. The van der Waals surface area contributed by atoms with Crippen molar-refractivity contribution in [2.45, 2.75) is 33.6 Å². The third-order valence-electron chi connectivity index (χ3n) is 6.20. The van der Waals surface area contributed by atoms with E-state index in [1.165, 1.54) is 22.4 Å². The topological polar surface area (TPSA) is 70.3 Å². The molecule has 0 bridgehead atoms. The highest BCUT2D eigenvalue weighted by atomic mass is 15.3. The van der Waals surface area contributed by atoms with Crippen LogP contribution in [0.2, 0.25) is 0 Å². The summed E-state index contributed by atoms with van der Waals surface area (Å²) in [4.78, 5) is 13.6. The van der Waals surface area contributed by atoms with Gasteiger partial charge >= 0.3 is 0 Å². The number of piperazine rings is 1. The van der Waals surface area contributed by atoms with Crippen LogP contribution in [0.5, 0.6) is 0 Å². The highest BCUT2D eigenvalue weighted by Crippen LogP contribution is 2.31. The van der Waals surface area contributed by atoms with Crippen LogP contribution in [0.1, 0.15) is 36.5 Å². The number of nitrogen functional groups attached to an aromatic ring is 1. The Kier molecular flexibility index (Phi) is 5.98. The molecule has 0 saturated carbocycles. The molecule has 0 amide bonds. The van der Waals surface area contributed by atoms with E-state index in [1.54, 1.807) is 6.33 Å². The summed E-state index contributed by atoms with van der Waals surface area (Å²) < 4.78 is 0. The Balaban J connectivity index is 1.47. The summed E-state index contributed by atoms with van der Waals surface area (Å²) in [6.45, 7) is 12.4. The van der Waals surface area contributed by atoms with Crippen molar-refractivity contribution in [1.82, 2.24) is 9.97 Å². The maximum Gasteiger partial charge on any atom is 0.159 e. The number of benzene rings is 2. The number of nitrogens with zero attached hydrogens (tertiary/aromatic N) is 4. The number of anilines is 5. The Morgan fingerprint density at radius 3 is 2.26 bits per heavy atom. The van der Waals surface area contributed by atoms with Crippen LogP contribution in [0, 0.1) is 13.8 Å². The van der Waals surface area contributed by atoms with Crippen molar-refractivity contribution in [2.24, 2.45) is 0 Å². The van der Waals surface area contributed by atoms with E-state index in [2.05, 4.69) is 95.2 Å². The Bertz CT molecular complexity index is 1040. The smallest absolute Gasteiger partial charge is 0.159 e. The van der Waals surface area contributed by atoms with Crippen LogP contribution >= 0.6 is 0 Å². The highest BCUT2D eigenvalue weighted by Gasteiger charge is 2.22. The van der Waals surface area contributed by atoms with Crippen LogP contribution in [0.4, 0.5) is 28.7 Å². The van der Waals surface area contributed by atoms with E-state index in [4.69, 9.17) is 5.73 Å². The minimum absolute atomic E-state index is 0.507. The van der Waals surface area contributed by atoms with E-state index in [1.807, 2.05) is 0 Å². The molecule has 2 aromatic carbocycles. The largest absolute Gasteiger partial charge is 0.393 e. The predicted octanol–water partition coefficient (Wildman–Crippen LogP) is 4.87. The summed E-state index contributed by atoms with van der Waals surface area (Å²) in [6.07, 6.45) is 1.59. The van der Waals surface area contributed by atoms with Crippen LogP contribution in [-0.4, -0.2) is 36.1 Å². The summed E-state index contributed by atoms with van der Waals surface area (Å²) in [5.74, 6) is 1.96. The van der Waals surface area contributed by atoms with E-state index in [9.17, 15) is 0 Å². The monoisotopic (exact) mass is 416 g/mol. The third-order valence-corrected chi connectivity index (χ3v) is 6.20.